The van der Waals surface area contributed by atoms with E-state index in [0.29, 0.717) is 17.7 Å². The molecule has 1 aromatic heterocycles. The Morgan fingerprint density at radius 1 is 0.884 bits per heavy atom. The number of amides is 6. The Morgan fingerprint density at radius 3 is 2.09 bits per heavy atom. The minimum Gasteiger partial charge on any atom is -0.508 e. The van der Waals surface area contributed by atoms with E-state index in [2.05, 4.69) is 31.2 Å². The Bertz CT molecular complexity index is 1270. The van der Waals surface area contributed by atoms with Gasteiger partial charge in [0, 0.05) is 24.7 Å². The van der Waals surface area contributed by atoms with Crippen LogP contribution in [-0.2, 0) is 41.6 Å². The second-order valence-electron chi connectivity index (χ2n) is 10.1. The number of nitrogens with zero attached hydrogens (tertiary/aromatic N) is 1. The summed E-state index contributed by atoms with van der Waals surface area (Å²) < 4.78 is 0. The predicted molar refractivity (Wildman–Crippen MR) is 153 cm³/mol. The maximum atomic E-state index is 13.6. The summed E-state index contributed by atoms with van der Waals surface area (Å²) >= 11 is 0. The van der Waals surface area contributed by atoms with Gasteiger partial charge in [0.1, 0.15) is 23.9 Å². The number of aromatic amines is 1. The minimum absolute atomic E-state index is 0.00857. The predicted octanol–water partition coefficient (Wildman–Crippen LogP) is -2.79. The van der Waals surface area contributed by atoms with E-state index in [4.69, 9.17) is 17.2 Å². The molecule has 0 aliphatic rings. The summed E-state index contributed by atoms with van der Waals surface area (Å²) in [5, 5.41) is 19.5. The molecule has 0 radical (unpaired) electrons. The zero-order valence-corrected chi connectivity index (χ0v) is 24.0. The van der Waals surface area contributed by atoms with Crippen LogP contribution < -0.4 is 38.5 Å². The van der Waals surface area contributed by atoms with Crippen molar-refractivity contribution in [1.29, 1.82) is 0 Å². The highest BCUT2D eigenvalue weighted by molar-refractivity contribution is 5.97. The van der Waals surface area contributed by atoms with E-state index in [1.54, 1.807) is 26.0 Å². The number of imidazole rings is 1. The number of hydrogen-bond donors (Lipinski definition) is 9. The summed E-state index contributed by atoms with van der Waals surface area (Å²) in [5.74, 6) is -5.21. The van der Waals surface area contributed by atoms with Crippen molar-refractivity contribution < 1.29 is 33.9 Å². The topological polar surface area (TPSA) is 278 Å². The lowest BCUT2D eigenvalue weighted by Gasteiger charge is -2.28. The molecule has 234 valence electrons. The van der Waals surface area contributed by atoms with Crippen LogP contribution in [0.2, 0.25) is 0 Å². The van der Waals surface area contributed by atoms with Crippen LogP contribution in [0.1, 0.15) is 37.9 Å². The molecule has 16 nitrogen and oxygen atoms in total. The summed E-state index contributed by atoms with van der Waals surface area (Å²) in [4.78, 5) is 81.8. The van der Waals surface area contributed by atoms with Crippen molar-refractivity contribution >= 4 is 35.4 Å². The molecule has 1 aromatic carbocycles. The Balaban J connectivity index is 2.26. The van der Waals surface area contributed by atoms with E-state index in [9.17, 15) is 33.9 Å². The Kier molecular flexibility index (Phi) is 13.1. The first kappa shape index (κ1) is 34.2. The molecule has 5 atom stereocenters. The highest BCUT2D eigenvalue weighted by Crippen LogP contribution is 2.14. The molecular weight excluding hydrogens is 562 g/mol. The first-order valence-corrected chi connectivity index (χ1v) is 13.6. The summed E-state index contributed by atoms with van der Waals surface area (Å²) in [6, 6.07) is 1.13. The quantitative estimate of drug-likeness (QED) is 0.0904. The number of benzene rings is 1. The van der Waals surface area contributed by atoms with Crippen LogP contribution >= 0.6 is 0 Å². The highest BCUT2D eigenvalue weighted by atomic mass is 16.3. The maximum Gasteiger partial charge on any atom is 0.243 e. The van der Waals surface area contributed by atoms with Crippen molar-refractivity contribution in [3.63, 3.8) is 0 Å². The molecule has 0 bridgehead atoms. The van der Waals surface area contributed by atoms with Gasteiger partial charge in [-0.05, 0) is 23.6 Å². The van der Waals surface area contributed by atoms with Gasteiger partial charge in [0.15, 0.2) is 0 Å². The van der Waals surface area contributed by atoms with Crippen LogP contribution in [0.3, 0.4) is 0 Å². The fraction of sp³-hybridized carbons (Fsp3) is 0.444. The monoisotopic (exact) mass is 601 g/mol. The van der Waals surface area contributed by atoms with E-state index in [-0.39, 0.29) is 18.6 Å². The molecule has 0 aliphatic carbocycles. The standard InChI is InChI=1S/C27H39N9O7/c1-3-14(2)23(27(43)35-20(10-21(29)38)25(41)32-12-22(30)39)36-26(42)19(8-15-4-6-17(37)7-5-15)34-24(40)18(28)9-16-11-31-13-33-16/h4-7,11,13-14,18-20,23,37H,3,8-10,12,28H2,1-2H3,(H2,29,38)(H2,30,39)(H,31,33)(H,32,41)(H,34,40)(H,35,43)(H,36,42)/t14-,18-,19-,20-,23-/m0/s1. The summed E-state index contributed by atoms with van der Waals surface area (Å²) in [7, 11) is 0. The van der Waals surface area contributed by atoms with Crippen LogP contribution in [0.4, 0.5) is 0 Å². The van der Waals surface area contributed by atoms with Gasteiger partial charge in [-0.15, -0.1) is 0 Å². The van der Waals surface area contributed by atoms with Crippen molar-refractivity contribution in [2.75, 3.05) is 6.54 Å². The summed E-state index contributed by atoms with van der Waals surface area (Å²) in [6.07, 6.45) is 2.92. The number of phenols is 1. The normalized spacial score (nSPS) is 14.3. The fourth-order valence-electron chi connectivity index (χ4n) is 4.01. The van der Waals surface area contributed by atoms with Crippen molar-refractivity contribution in [1.82, 2.24) is 31.2 Å². The Hall–Kier alpha value is -4.99. The van der Waals surface area contributed by atoms with E-state index < -0.39 is 78.5 Å². The average molecular weight is 602 g/mol. The Labute approximate surface area is 247 Å². The van der Waals surface area contributed by atoms with Gasteiger partial charge in [-0.25, -0.2) is 4.98 Å². The molecule has 0 saturated heterocycles. The number of carbonyl (C=O) groups is 6. The van der Waals surface area contributed by atoms with E-state index in [1.807, 2.05) is 0 Å². The van der Waals surface area contributed by atoms with Gasteiger partial charge in [0.25, 0.3) is 0 Å². The third-order valence-corrected chi connectivity index (χ3v) is 6.61. The van der Waals surface area contributed by atoms with Gasteiger partial charge in [-0.1, -0.05) is 32.4 Å². The zero-order chi connectivity index (χ0) is 32.1. The molecule has 2 rings (SSSR count). The van der Waals surface area contributed by atoms with Gasteiger partial charge in [-0.3, -0.25) is 28.8 Å². The van der Waals surface area contributed by atoms with Gasteiger partial charge in [-0.2, -0.15) is 0 Å². The van der Waals surface area contributed by atoms with Crippen LogP contribution in [0, 0.1) is 5.92 Å². The zero-order valence-electron chi connectivity index (χ0n) is 24.0. The average Bonchev–Trinajstić information content (AvgIpc) is 3.47. The van der Waals surface area contributed by atoms with Crippen LogP contribution in [0.5, 0.6) is 5.75 Å². The second-order valence-corrected chi connectivity index (χ2v) is 10.1. The number of H-pyrrole nitrogens is 1. The molecule has 2 aromatic rings. The largest absolute Gasteiger partial charge is 0.508 e. The maximum absolute atomic E-state index is 13.6. The molecule has 43 heavy (non-hydrogen) atoms. The number of carbonyl (C=O) groups excluding carboxylic acids is 6. The molecule has 0 saturated carbocycles. The molecule has 16 heteroatoms. The minimum atomic E-state index is -1.44. The number of hydrogen-bond acceptors (Lipinski definition) is 9. The summed E-state index contributed by atoms with van der Waals surface area (Å²) in [6.45, 7) is 2.94. The number of aromatic hydroxyl groups is 1. The molecule has 0 aliphatic heterocycles. The molecule has 1 heterocycles. The number of nitrogens with two attached hydrogens (primary N) is 3. The molecule has 12 N–H and O–H groups in total. The van der Waals surface area contributed by atoms with Crippen LogP contribution in [0.15, 0.2) is 36.8 Å². The molecule has 6 amide bonds. The smallest absolute Gasteiger partial charge is 0.243 e. The fourth-order valence-corrected chi connectivity index (χ4v) is 4.01. The van der Waals surface area contributed by atoms with E-state index in [0.717, 1.165) is 0 Å². The van der Waals surface area contributed by atoms with E-state index >= 15 is 0 Å². The summed E-state index contributed by atoms with van der Waals surface area (Å²) in [5.41, 5.74) is 17.6. The molecule has 0 fully saturated rings. The van der Waals surface area contributed by atoms with Crippen molar-refractivity contribution in [2.45, 2.75) is 63.7 Å². The SMILES string of the molecule is CC[C@H](C)[C@H](NC(=O)[C@H](Cc1ccc(O)cc1)NC(=O)[C@@H](N)Cc1cnc[nH]1)C(=O)N[C@@H](CC(N)=O)C(=O)NCC(N)=O. The van der Waals surface area contributed by atoms with Crippen LogP contribution in [-0.4, -0.2) is 81.2 Å². The highest BCUT2D eigenvalue weighted by Gasteiger charge is 2.33. The number of nitrogens with one attached hydrogen (secondary N) is 5. The molecule has 0 spiro atoms. The first-order valence-electron chi connectivity index (χ1n) is 13.6. The lowest BCUT2D eigenvalue weighted by Crippen LogP contribution is -2.60. The lowest BCUT2D eigenvalue weighted by molar-refractivity contribution is -0.135. The van der Waals surface area contributed by atoms with Crippen molar-refractivity contribution in [3.05, 3.63) is 48.0 Å². The van der Waals surface area contributed by atoms with Gasteiger partial charge in [0.05, 0.1) is 25.3 Å². The van der Waals surface area contributed by atoms with Crippen molar-refractivity contribution in [3.8, 4) is 5.75 Å². The van der Waals surface area contributed by atoms with Crippen LogP contribution in [0.25, 0.3) is 0 Å². The van der Waals surface area contributed by atoms with E-state index in [1.165, 1.54) is 24.7 Å². The van der Waals surface area contributed by atoms with Gasteiger partial charge in [0.2, 0.25) is 35.4 Å². The van der Waals surface area contributed by atoms with Gasteiger partial charge < -0.3 is 48.6 Å². The number of aromatic nitrogens is 2. The van der Waals surface area contributed by atoms with Crippen molar-refractivity contribution in [2.24, 2.45) is 23.1 Å². The Morgan fingerprint density at radius 2 is 1.53 bits per heavy atom. The second kappa shape index (κ2) is 16.5. The van der Waals surface area contributed by atoms with Gasteiger partial charge >= 0.3 is 0 Å². The first-order chi connectivity index (χ1) is 20.3. The third-order valence-electron chi connectivity index (χ3n) is 6.61. The molecule has 0 unspecified atom stereocenters. The lowest BCUT2D eigenvalue weighted by atomic mass is 9.96. The number of rotatable bonds is 17. The number of primary amides is 2. The number of phenolic OH excluding ortho intramolecular Hbond substituents is 1. The molecular formula is C27H39N9O7. The third kappa shape index (κ3) is 11.4.